The molecule has 164 valence electrons. The Morgan fingerprint density at radius 1 is 1.25 bits per heavy atom. The van der Waals surface area contributed by atoms with E-state index < -0.39 is 42.0 Å². The number of carbonyl (C=O) groups excluding carboxylic acids is 1. The van der Waals surface area contributed by atoms with Gasteiger partial charge in [0.15, 0.2) is 0 Å². The summed E-state index contributed by atoms with van der Waals surface area (Å²) in [5.74, 6) is 0.895. The first-order valence-corrected chi connectivity index (χ1v) is 11.3. The van der Waals surface area contributed by atoms with Gasteiger partial charge in [0.05, 0.1) is 18.2 Å². The van der Waals surface area contributed by atoms with Crippen LogP contribution in [0.1, 0.15) is 40.0 Å². The number of ether oxygens (including phenoxy) is 1. The molecule has 5 unspecified atom stereocenters. The highest BCUT2D eigenvalue weighted by atomic mass is 32.2. The summed E-state index contributed by atoms with van der Waals surface area (Å²) in [6.07, 6.45) is -3.20. The second-order valence-corrected chi connectivity index (χ2v) is 9.39. The van der Waals surface area contributed by atoms with E-state index in [1.165, 1.54) is 18.7 Å². The van der Waals surface area contributed by atoms with E-state index in [0.717, 1.165) is 25.8 Å². The lowest BCUT2D eigenvalue weighted by atomic mass is 9.92. The third-order valence-electron chi connectivity index (χ3n) is 5.75. The lowest BCUT2D eigenvalue weighted by molar-refractivity contribution is -0.211. The molecule has 9 atom stereocenters. The van der Waals surface area contributed by atoms with Crippen molar-refractivity contribution in [2.75, 3.05) is 19.3 Å². The van der Waals surface area contributed by atoms with Gasteiger partial charge >= 0.3 is 0 Å². The molecule has 0 spiro atoms. The largest absolute Gasteiger partial charge is 0.391 e. The van der Waals surface area contributed by atoms with E-state index in [1.807, 2.05) is 18.9 Å². The van der Waals surface area contributed by atoms with Gasteiger partial charge in [-0.05, 0) is 38.5 Å². The van der Waals surface area contributed by atoms with E-state index in [4.69, 9.17) is 4.74 Å². The minimum absolute atomic E-state index is 0.219. The number of hydrogen-bond donors (Lipinski definition) is 5. The number of nitrogens with one attached hydrogen (secondary N) is 1. The first-order valence-electron chi connectivity index (χ1n) is 10.2. The van der Waals surface area contributed by atoms with E-state index in [0.29, 0.717) is 11.7 Å². The Morgan fingerprint density at radius 2 is 1.93 bits per heavy atom. The van der Waals surface area contributed by atoms with Crippen molar-refractivity contribution < 1.29 is 30.0 Å². The van der Waals surface area contributed by atoms with Crippen molar-refractivity contribution in [1.82, 2.24) is 10.2 Å². The monoisotopic (exact) mass is 420 g/mol. The molecule has 9 heteroatoms. The Bertz CT molecular complexity index is 511. The first-order chi connectivity index (χ1) is 13.2. The van der Waals surface area contributed by atoms with E-state index in [-0.39, 0.29) is 11.9 Å². The molecule has 2 fully saturated rings. The number of hydrogen-bond acceptors (Lipinski definition) is 8. The molecule has 1 amide bonds. The van der Waals surface area contributed by atoms with Crippen molar-refractivity contribution in [3.8, 4) is 0 Å². The minimum Gasteiger partial charge on any atom is -0.391 e. The summed E-state index contributed by atoms with van der Waals surface area (Å²) in [7, 11) is 1.91. The number of likely N-dealkylation sites (tertiary alicyclic amines) is 1. The average Bonchev–Trinajstić information content (AvgIpc) is 3.01. The summed E-state index contributed by atoms with van der Waals surface area (Å²) >= 11 is 1.30. The molecule has 5 N–H and O–H groups in total. The van der Waals surface area contributed by atoms with Gasteiger partial charge < -0.3 is 30.5 Å². The fraction of sp³-hybridized carbons (Fsp3) is 0.947. The van der Waals surface area contributed by atoms with E-state index in [2.05, 4.69) is 12.2 Å². The summed E-state index contributed by atoms with van der Waals surface area (Å²) < 4.78 is 5.81. The Labute approximate surface area is 171 Å². The third-order valence-corrected chi connectivity index (χ3v) is 6.81. The molecular weight excluding hydrogens is 384 g/mol. The van der Waals surface area contributed by atoms with Crippen LogP contribution in [-0.4, -0.2) is 98.6 Å². The molecule has 0 aromatic rings. The maximum atomic E-state index is 12.9. The minimum atomic E-state index is -1.42. The summed E-state index contributed by atoms with van der Waals surface area (Å²) in [6.45, 7) is 6.39. The van der Waals surface area contributed by atoms with Crippen LogP contribution in [0.5, 0.6) is 0 Å². The van der Waals surface area contributed by atoms with Crippen molar-refractivity contribution in [3.05, 3.63) is 0 Å². The van der Waals surface area contributed by atoms with Crippen LogP contribution in [0, 0.1) is 5.92 Å². The fourth-order valence-corrected chi connectivity index (χ4v) is 5.13. The lowest BCUT2D eigenvalue weighted by Crippen LogP contribution is -2.65. The Kier molecular flexibility index (Phi) is 9.00. The highest BCUT2D eigenvalue weighted by Crippen LogP contribution is 2.31. The van der Waals surface area contributed by atoms with Crippen molar-refractivity contribution in [2.24, 2.45) is 5.92 Å². The van der Waals surface area contributed by atoms with Crippen LogP contribution < -0.4 is 5.32 Å². The lowest BCUT2D eigenvalue weighted by Gasteiger charge is -2.44. The van der Waals surface area contributed by atoms with Crippen molar-refractivity contribution in [2.45, 2.75) is 88.1 Å². The standard InChI is InChI=1S/C19H36N2O6S/c1-5-7-11-8-12(21(4)9-11)18(26)20-13(10(3)22)17-15(24)14(23)16(25)19(27-17)28-6-2/h10-17,19,22-25H,5-9H2,1-4H3,(H,20,26)/t10-,11-,12+,13-,14?,15?,16?,17?,19?/m1/s1. The van der Waals surface area contributed by atoms with Crippen molar-refractivity contribution in [3.63, 3.8) is 0 Å². The zero-order valence-corrected chi connectivity index (χ0v) is 18.0. The summed E-state index contributed by atoms with van der Waals surface area (Å²) in [4.78, 5) is 14.9. The first kappa shape index (κ1) is 23.9. The van der Waals surface area contributed by atoms with Gasteiger partial charge in [0, 0.05) is 6.54 Å². The van der Waals surface area contributed by atoms with Gasteiger partial charge in [-0.25, -0.2) is 0 Å². The number of aliphatic hydroxyl groups is 4. The van der Waals surface area contributed by atoms with Crippen LogP contribution in [0.2, 0.25) is 0 Å². The molecule has 0 aromatic carbocycles. The number of aliphatic hydroxyl groups excluding tert-OH is 4. The molecule has 0 radical (unpaired) electrons. The van der Waals surface area contributed by atoms with Crippen LogP contribution in [0.25, 0.3) is 0 Å². The number of rotatable bonds is 8. The van der Waals surface area contributed by atoms with Crippen molar-refractivity contribution in [1.29, 1.82) is 0 Å². The molecule has 0 saturated carbocycles. The molecule has 2 heterocycles. The normalized spacial score (nSPS) is 38.9. The van der Waals surface area contributed by atoms with Gasteiger partial charge in [0.2, 0.25) is 5.91 Å². The highest BCUT2D eigenvalue weighted by molar-refractivity contribution is 7.99. The Balaban J connectivity index is 2.10. The Morgan fingerprint density at radius 3 is 2.50 bits per heavy atom. The summed E-state index contributed by atoms with van der Waals surface area (Å²) in [6, 6.07) is -1.20. The van der Waals surface area contributed by atoms with Crippen LogP contribution in [-0.2, 0) is 9.53 Å². The van der Waals surface area contributed by atoms with Crippen LogP contribution in [0.15, 0.2) is 0 Å². The molecule has 28 heavy (non-hydrogen) atoms. The maximum Gasteiger partial charge on any atom is 0.237 e. The molecule has 2 aliphatic rings. The van der Waals surface area contributed by atoms with Crippen LogP contribution in [0.3, 0.4) is 0 Å². The molecule has 2 saturated heterocycles. The number of likely N-dealkylation sites (N-methyl/N-ethyl adjacent to an activating group) is 1. The predicted molar refractivity (Wildman–Crippen MR) is 108 cm³/mol. The number of amides is 1. The Hall–Kier alpha value is -0.420. The molecule has 0 bridgehead atoms. The van der Waals surface area contributed by atoms with Crippen LogP contribution in [0.4, 0.5) is 0 Å². The fourth-order valence-electron chi connectivity index (χ4n) is 4.24. The van der Waals surface area contributed by atoms with E-state index in [1.54, 1.807) is 0 Å². The van der Waals surface area contributed by atoms with Gasteiger partial charge in [-0.15, -0.1) is 11.8 Å². The SMILES string of the molecule is CCC[C@@H]1C[C@@H](C(=O)N[C@@H](C2OC(SCC)C(O)C(O)C2O)[C@@H](C)O)N(C)C1. The highest BCUT2D eigenvalue weighted by Gasteiger charge is 2.48. The summed E-state index contributed by atoms with van der Waals surface area (Å²) in [5.41, 5.74) is -0.741. The maximum absolute atomic E-state index is 12.9. The second kappa shape index (κ2) is 10.6. The van der Waals surface area contributed by atoms with E-state index >= 15 is 0 Å². The quantitative estimate of drug-likeness (QED) is 0.357. The van der Waals surface area contributed by atoms with Crippen LogP contribution >= 0.6 is 11.8 Å². The number of thioether (sulfide) groups is 1. The molecular formula is C19H36N2O6S. The third kappa shape index (κ3) is 5.38. The number of carbonyl (C=O) groups is 1. The van der Waals surface area contributed by atoms with Gasteiger partial charge in [-0.3, -0.25) is 9.69 Å². The van der Waals surface area contributed by atoms with Crippen molar-refractivity contribution >= 4 is 17.7 Å². The van der Waals surface area contributed by atoms with Gasteiger partial charge in [0.25, 0.3) is 0 Å². The zero-order chi connectivity index (χ0) is 21.0. The predicted octanol–water partition coefficient (Wildman–Crippen LogP) is -0.467. The molecule has 2 rings (SSSR count). The zero-order valence-electron chi connectivity index (χ0n) is 17.2. The topological polar surface area (TPSA) is 122 Å². The number of nitrogens with zero attached hydrogens (tertiary/aromatic N) is 1. The molecule has 0 aromatic heterocycles. The molecule has 8 nitrogen and oxygen atoms in total. The average molecular weight is 421 g/mol. The smallest absolute Gasteiger partial charge is 0.237 e. The van der Waals surface area contributed by atoms with Gasteiger partial charge in [0.1, 0.15) is 29.9 Å². The van der Waals surface area contributed by atoms with Gasteiger partial charge in [-0.2, -0.15) is 0 Å². The molecule has 0 aliphatic carbocycles. The molecule has 2 aliphatic heterocycles. The summed E-state index contributed by atoms with van der Waals surface area (Å²) in [5, 5.41) is 43.9. The second-order valence-electron chi connectivity index (χ2n) is 8.02. The van der Waals surface area contributed by atoms with E-state index in [9.17, 15) is 25.2 Å². The van der Waals surface area contributed by atoms with Gasteiger partial charge in [-0.1, -0.05) is 20.3 Å².